The second-order valence-electron chi connectivity index (χ2n) is 6.02. The Bertz CT molecular complexity index is 848. The van der Waals surface area contributed by atoms with Crippen molar-refractivity contribution in [2.75, 3.05) is 5.32 Å². The van der Waals surface area contributed by atoms with Crippen LogP contribution in [0.5, 0.6) is 0 Å². The summed E-state index contributed by atoms with van der Waals surface area (Å²) in [6.07, 6.45) is 1.07. The Labute approximate surface area is 138 Å². The van der Waals surface area contributed by atoms with E-state index in [9.17, 15) is 14.7 Å². The molecule has 1 aliphatic carbocycles. The molecule has 0 saturated carbocycles. The zero-order chi connectivity index (χ0) is 16.2. The molecule has 4 rings (SSSR count). The number of anilines is 1. The van der Waals surface area contributed by atoms with E-state index in [2.05, 4.69) is 5.32 Å². The summed E-state index contributed by atoms with van der Waals surface area (Å²) in [6.45, 7) is 0. The lowest BCUT2D eigenvalue weighted by molar-refractivity contribution is -0.138. The van der Waals surface area contributed by atoms with Crippen molar-refractivity contribution in [3.8, 4) is 0 Å². The maximum Gasteiger partial charge on any atom is 0.261 e. The summed E-state index contributed by atoms with van der Waals surface area (Å²) in [7, 11) is 0. The maximum absolute atomic E-state index is 12.9. The Hall–Kier alpha value is -2.17. The minimum absolute atomic E-state index is 0.197. The molecule has 2 atom stereocenters. The van der Waals surface area contributed by atoms with E-state index in [1.54, 1.807) is 30.3 Å². The number of halogens is 1. The molecule has 0 fully saturated rings. The van der Waals surface area contributed by atoms with Gasteiger partial charge in [0, 0.05) is 21.8 Å². The van der Waals surface area contributed by atoms with Crippen molar-refractivity contribution < 1.29 is 14.7 Å². The van der Waals surface area contributed by atoms with Gasteiger partial charge in [-0.25, -0.2) is 0 Å². The third-order valence-corrected chi connectivity index (χ3v) is 5.03. The van der Waals surface area contributed by atoms with Gasteiger partial charge in [0.05, 0.1) is 5.92 Å². The standard InChI is InChI=1S/C18H14ClNO3/c19-11-6-8-15-14(9-11)18(23,17(22)20-15)13-7-5-10-3-1-2-4-12(10)16(13)21/h1-4,6,8-9,13,23H,5,7H2,(H,20,22)/t13-,18+/m0/s1. The fraction of sp³-hybridized carbons (Fsp3) is 0.222. The SMILES string of the molecule is O=C1c2ccccc2CC[C@@H]1[C@]1(O)C(=O)Nc2ccc(Cl)cc21. The van der Waals surface area contributed by atoms with Crippen LogP contribution in [0.2, 0.25) is 5.02 Å². The van der Waals surface area contributed by atoms with Gasteiger partial charge in [0.2, 0.25) is 0 Å². The fourth-order valence-corrected chi connectivity index (χ4v) is 3.79. The van der Waals surface area contributed by atoms with E-state index in [0.717, 1.165) is 5.56 Å². The molecule has 2 aliphatic rings. The van der Waals surface area contributed by atoms with E-state index >= 15 is 0 Å². The molecule has 1 amide bonds. The zero-order valence-corrected chi connectivity index (χ0v) is 12.9. The Morgan fingerprint density at radius 1 is 1.17 bits per heavy atom. The normalized spacial score (nSPS) is 25.7. The summed E-state index contributed by atoms with van der Waals surface area (Å²) in [6, 6.07) is 12.2. The van der Waals surface area contributed by atoms with Crippen molar-refractivity contribution in [1.82, 2.24) is 0 Å². The first-order chi connectivity index (χ1) is 11.0. The molecule has 5 heteroatoms. The summed E-state index contributed by atoms with van der Waals surface area (Å²) < 4.78 is 0. The Morgan fingerprint density at radius 3 is 2.78 bits per heavy atom. The Balaban J connectivity index is 1.84. The number of benzene rings is 2. The van der Waals surface area contributed by atoms with Crippen molar-refractivity contribution in [2.24, 2.45) is 5.92 Å². The molecule has 1 aliphatic heterocycles. The first kappa shape index (κ1) is 14.4. The van der Waals surface area contributed by atoms with Gasteiger partial charge in [-0.05, 0) is 36.6 Å². The van der Waals surface area contributed by atoms with Crippen LogP contribution in [0.3, 0.4) is 0 Å². The van der Waals surface area contributed by atoms with E-state index in [-0.39, 0.29) is 5.78 Å². The molecule has 0 unspecified atom stereocenters. The monoisotopic (exact) mass is 327 g/mol. The van der Waals surface area contributed by atoms with Crippen LogP contribution in [-0.4, -0.2) is 16.8 Å². The summed E-state index contributed by atoms with van der Waals surface area (Å²) in [5.41, 5.74) is 0.564. The molecule has 116 valence electrons. The number of aliphatic hydroxyl groups is 1. The van der Waals surface area contributed by atoms with Gasteiger partial charge in [0.15, 0.2) is 11.4 Å². The van der Waals surface area contributed by atoms with Crippen LogP contribution in [0.15, 0.2) is 42.5 Å². The van der Waals surface area contributed by atoms with E-state index in [0.29, 0.717) is 34.7 Å². The number of aryl methyl sites for hydroxylation is 1. The third-order valence-electron chi connectivity index (χ3n) is 4.79. The summed E-state index contributed by atoms with van der Waals surface area (Å²) in [5, 5.41) is 14.2. The van der Waals surface area contributed by atoms with Crippen molar-refractivity contribution in [3.63, 3.8) is 0 Å². The number of carbonyl (C=O) groups excluding carboxylic acids is 2. The third kappa shape index (κ3) is 1.95. The molecule has 0 radical (unpaired) electrons. The van der Waals surface area contributed by atoms with Crippen molar-refractivity contribution in [1.29, 1.82) is 0 Å². The largest absolute Gasteiger partial charge is 0.375 e. The van der Waals surface area contributed by atoms with E-state index in [1.165, 1.54) is 0 Å². The zero-order valence-electron chi connectivity index (χ0n) is 12.2. The first-order valence-electron chi connectivity index (χ1n) is 7.48. The molecule has 2 aromatic rings. The highest BCUT2D eigenvalue weighted by Crippen LogP contribution is 2.46. The van der Waals surface area contributed by atoms with Crippen LogP contribution in [0.25, 0.3) is 0 Å². The fourth-order valence-electron chi connectivity index (χ4n) is 3.62. The maximum atomic E-state index is 12.9. The number of Topliss-reactive ketones (excluding diaryl/α,β-unsaturated/α-hetero) is 1. The smallest absolute Gasteiger partial charge is 0.261 e. The summed E-state index contributed by atoms with van der Waals surface area (Å²) in [4.78, 5) is 25.3. The number of fused-ring (bicyclic) bond motifs is 2. The van der Waals surface area contributed by atoms with E-state index < -0.39 is 17.4 Å². The second kappa shape index (κ2) is 4.91. The predicted octanol–water partition coefficient (Wildman–Crippen LogP) is 2.93. The van der Waals surface area contributed by atoms with Crippen LogP contribution in [0.4, 0.5) is 5.69 Å². The molecular weight excluding hydrogens is 314 g/mol. The van der Waals surface area contributed by atoms with Crippen LogP contribution in [0.1, 0.15) is 27.9 Å². The van der Waals surface area contributed by atoms with Gasteiger partial charge < -0.3 is 10.4 Å². The highest BCUT2D eigenvalue weighted by atomic mass is 35.5. The van der Waals surface area contributed by atoms with Crippen molar-refractivity contribution in [2.45, 2.75) is 18.4 Å². The number of ketones is 1. The van der Waals surface area contributed by atoms with Crippen molar-refractivity contribution >= 4 is 29.0 Å². The lowest BCUT2D eigenvalue weighted by atomic mass is 9.71. The Kier molecular flexibility index (Phi) is 3.08. The number of amides is 1. The van der Waals surface area contributed by atoms with Crippen LogP contribution >= 0.6 is 11.6 Å². The molecule has 2 aromatic carbocycles. The quantitative estimate of drug-likeness (QED) is 0.846. The molecule has 0 bridgehead atoms. The minimum Gasteiger partial charge on any atom is -0.375 e. The van der Waals surface area contributed by atoms with Gasteiger partial charge in [0.25, 0.3) is 5.91 Å². The second-order valence-corrected chi connectivity index (χ2v) is 6.46. The number of hydrogen-bond donors (Lipinski definition) is 2. The highest BCUT2D eigenvalue weighted by molar-refractivity contribution is 6.31. The average molecular weight is 328 g/mol. The van der Waals surface area contributed by atoms with E-state index in [4.69, 9.17) is 11.6 Å². The van der Waals surface area contributed by atoms with Crippen LogP contribution in [-0.2, 0) is 16.8 Å². The van der Waals surface area contributed by atoms with Gasteiger partial charge in [-0.3, -0.25) is 9.59 Å². The molecule has 0 aromatic heterocycles. The Morgan fingerprint density at radius 2 is 1.96 bits per heavy atom. The van der Waals surface area contributed by atoms with Gasteiger partial charge in [0.1, 0.15) is 0 Å². The lowest BCUT2D eigenvalue weighted by Gasteiger charge is -2.33. The van der Waals surface area contributed by atoms with Gasteiger partial charge in [-0.2, -0.15) is 0 Å². The van der Waals surface area contributed by atoms with Gasteiger partial charge in [-0.15, -0.1) is 0 Å². The topological polar surface area (TPSA) is 66.4 Å². The van der Waals surface area contributed by atoms with Gasteiger partial charge in [-0.1, -0.05) is 35.9 Å². The summed E-state index contributed by atoms with van der Waals surface area (Å²) >= 11 is 6.02. The number of rotatable bonds is 1. The van der Waals surface area contributed by atoms with Crippen molar-refractivity contribution in [3.05, 3.63) is 64.2 Å². The highest BCUT2D eigenvalue weighted by Gasteiger charge is 2.54. The van der Waals surface area contributed by atoms with Crippen LogP contribution in [0, 0.1) is 5.92 Å². The van der Waals surface area contributed by atoms with Crippen LogP contribution < -0.4 is 5.32 Å². The molecule has 4 nitrogen and oxygen atoms in total. The molecule has 0 saturated heterocycles. The number of hydrogen-bond acceptors (Lipinski definition) is 3. The predicted molar refractivity (Wildman–Crippen MR) is 86.6 cm³/mol. The summed E-state index contributed by atoms with van der Waals surface area (Å²) in [5.74, 6) is -1.57. The molecule has 2 N–H and O–H groups in total. The van der Waals surface area contributed by atoms with Gasteiger partial charge >= 0.3 is 0 Å². The molecule has 1 heterocycles. The number of carbonyl (C=O) groups is 2. The minimum atomic E-state index is -1.87. The average Bonchev–Trinajstić information content (AvgIpc) is 2.80. The number of nitrogens with one attached hydrogen (secondary N) is 1. The molecule has 0 spiro atoms. The molecule has 23 heavy (non-hydrogen) atoms. The lowest BCUT2D eigenvalue weighted by Crippen LogP contribution is -2.47. The first-order valence-corrected chi connectivity index (χ1v) is 7.85. The molecular formula is C18H14ClNO3. The van der Waals surface area contributed by atoms with E-state index in [1.807, 2.05) is 12.1 Å².